The Hall–Kier alpha value is -3.27. The number of aromatic amines is 1. The van der Waals surface area contributed by atoms with Crippen molar-refractivity contribution in [2.24, 2.45) is 0 Å². The smallest absolute Gasteiger partial charge is 0.347 e. The summed E-state index contributed by atoms with van der Waals surface area (Å²) >= 11 is 5.93. The van der Waals surface area contributed by atoms with E-state index in [0.29, 0.717) is 23.6 Å². The first-order valence-corrected chi connectivity index (χ1v) is 11.5. The van der Waals surface area contributed by atoms with Crippen molar-refractivity contribution < 1.29 is 19.1 Å². The Morgan fingerprint density at radius 3 is 2.56 bits per heavy atom. The van der Waals surface area contributed by atoms with Crippen LogP contribution >= 0.6 is 11.6 Å². The van der Waals surface area contributed by atoms with Gasteiger partial charge in [0.2, 0.25) is 0 Å². The number of rotatable bonds is 11. The summed E-state index contributed by atoms with van der Waals surface area (Å²) in [7, 11) is 0. The van der Waals surface area contributed by atoms with Crippen molar-refractivity contribution in [3.8, 4) is 5.75 Å². The molecule has 1 heterocycles. The minimum Gasteiger partial charge on any atom is -0.479 e. The molecule has 0 aliphatic carbocycles. The van der Waals surface area contributed by atoms with Crippen LogP contribution in [-0.2, 0) is 20.9 Å². The number of ether oxygens (including phenoxy) is 2. The van der Waals surface area contributed by atoms with E-state index in [4.69, 9.17) is 26.8 Å². The number of aryl methyl sites for hydroxylation is 1. The van der Waals surface area contributed by atoms with Crippen LogP contribution in [0.5, 0.6) is 5.75 Å². The molecule has 0 radical (unpaired) electrons. The second kappa shape index (κ2) is 12.3. The van der Waals surface area contributed by atoms with Crippen molar-refractivity contribution in [3.63, 3.8) is 0 Å². The van der Waals surface area contributed by atoms with Gasteiger partial charge in [-0.3, -0.25) is 19.1 Å². The number of carbonyl (C=O) groups is 2. The summed E-state index contributed by atoms with van der Waals surface area (Å²) in [5, 5.41) is 0.539. The molecule has 1 atom stereocenters. The van der Waals surface area contributed by atoms with E-state index in [-0.39, 0.29) is 24.6 Å². The van der Waals surface area contributed by atoms with Gasteiger partial charge < -0.3 is 20.1 Å². The molecular weight excluding hydrogens is 464 g/mol. The summed E-state index contributed by atoms with van der Waals surface area (Å²) in [6.07, 6.45) is 0.917. The fourth-order valence-corrected chi connectivity index (χ4v) is 3.50. The van der Waals surface area contributed by atoms with Crippen LogP contribution in [0.2, 0.25) is 5.02 Å². The maximum absolute atomic E-state index is 13.0. The molecule has 2 aromatic rings. The Balaban J connectivity index is 2.18. The summed E-state index contributed by atoms with van der Waals surface area (Å²) in [6.45, 7) is 6.88. The number of halogens is 1. The van der Waals surface area contributed by atoms with Crippen molar-refractivity contribution >= 4 is 35.0 Å². The molecule has 11 heteroatoms. The molecule has 0 bridgehead atoms. The number of carbonyl (C=O) groups excluding carboxylic acids is 2. The fourth-order valence-electron chi connectivity index (χ4n) is 3.27. The highest BCUT2D eigenvalue weighted by molar-refractivity contribution is 6.30. The lowest BCUT2D eigenvalue weighted by Crippen LogP contribution is -2.43. The van der Waals surface area contributed by atoms with Gasteiger partial charge in [-0.2, -0.15) is 0 Å². The number of hydrogen-bond donors (Lipinski definition) is 2. The summed E-state index contributed by atoms with van der Waals surface area (Å²) in [6, 6.07) is 4.97. The van der Waals surface area contributed by atoms with Gasteiger partial charge in [-0.25, -0.2) is 9.59 Å². The third kappa shape index (κ3) is 6.63. The molecule has 10 nitrogen and oxygen atoms in total. The Morgan fingerprint density at radius 1 is 1.24 bits per heavy atom. The van der Waals surface area contributed by atoms with Crippen LogP contribution < -0.4 is 26.6 Å². The minimum absolute atomic E-state index is 0.110. The predicted octanol–water partition coefficient (Wildman–Crippen LogP) is 2.63. The second-order valence-corrected chi connectivity index (χ2v) is 8.26. The van der Waals surface area contributed by atoms with E-state index in [2.05, 4.69) is 4.98 Å². The van der Waals surface area contributed by atoms with Gasteiger partial charge in [0, 0.05) is 18.1 Å². The number of unbranched alkanes of at least 4 members (excludes halogenated alkanes) is 1. The quantitative estimate of drug-likeness (QED) is 0.458. The van der Waals surface area contributed by atoms with Crippen molar-refractivity contribution in [2.75, 3.05) is 23.8 Å². The van der Waals surface area contributed by atoms with Gasteiger partial charge in [-0.05, 0) is 50.5 Å². The van der Waals surface area contributed by atoms with Crippen LogP contribution in [0.1, 0.15) is 45.6 Å². The molecule has 0 aliphatic heterocycles. The van der Waals surface area contributed by atoms with E-state index >= 15 is 0 Å². The zero-order valence-electron chi connectivity index (χ0n) is 19.9. The highest BCUT2D eigenvalue weighted by atomic mass is 35.5. The first-order valence-electron chi connectivity index (χ1n) is 11.1. The molecule has 1 amide bonds. The Kier molecular flexibility index (Phi) is 9.73. The molecule has 0 fully saturated rings. The van der Waals surface area contributed by atoms with E-state index in [1.54, 1.807) is 25.1 Å². The van der Waals surface area contributed by atoms with Gasteiger partial charge in [-0.15, -0.1) is 0 Å². The van der Waals surface area contributed by atoms with Crippen LogP contribution in [0.15, 0.2) is 27.8 Å². The average Bonchev–Trinajstić information content (AvgIpc) is 2.78. The van der Waals surface area contributed by atoms with Crippen molar-refractivity contribution in [2.45, 2.75) is 59.6 Å². The number of nitrogens with zero attached hydrogens (tertiary/aromatic N) is 2. The lowest BCUT2D eigenvalue weighted by atomic mass is 10.2. The summed E-state index contributed by atoms with van der Waals surface area (Å²) in [4.78, 5) is 53.5. The first kappa shape index (κ1) is 27.0. The Labute approximate surface area is 202 Å². The zero-order chi connectivity index (χ0) is 25.4. The topological polar surface area (TPSA) is 137 Å². The summed E-state index contributed by atoms with van der Waals surface area (Å²) in [5.41, 5.74) is 5.29. The normalized spacial score (nSPS) is 11.7. The highest BCUT2D eigenvalue weighted by Gasteiger charge is 2.26. The number of anilines is 2. The SMILES string of the molecule is CCCCN(C(=O)COC(=O)C(C)Oc1ccc(Cl)cc1C)c1c(N)n(CCC)c(=O)[nH]c1=O. The van der Waals surface area contributed by atoms with Gasteiger partial charge in [0.25, 0.3) is 11.5 Å². The number of nitrogen functional groups attached to an aromatic ring is 1. The van der Waals surface area contributed by atoms with Gasteiger partial charge in [0.05, 0.1) is 0 Å². The molecule has 1 unspecified atom stereocenters. The number of hydrogen-bond acceptors (Lipinski definition) is 7. The Bertz CT molecular complexity index is 1140. The minimum atomic E-state index is -0.989. The van der Waals surface area contributed by atoms with Gasteiger partial charge in [0.15, 0.2) is 18.4 Å². The van der Waals surface area contributed by atoms with Crippen LogP contribution in [0.25, 0.3) is 0 Å². The predicted molar refractivity (Wildman–Crippen MR) is 131 cm³/mol. The summed E-state index contributed by atoms with van der Waals surface area (Å²) < 4.78 is 12.0. The third-order valence-corrected chi connectivity index (χ3v) is 5.31. The molecule has 186 valence electrons. The maximum Gasteiger partial charge on any atom is 0.347 e. The lowest BCUT2D eigenvalue weighted by molar-refractivity contribution is -0.154. The number of nitrogens with two attached hydrogens (primary N) is 1. The number of esters is 1. The first-order chi connectivity index (χ1) is 16.1. The molecule has 1 aromatic carbocycles. The van der Waals surface area contributed by atoms with Crippen molar-refractivity contribution in [1.82, 2.24) is 9.55 Å². The maximum atomic E-state index is 13.0. The van der Waals surface area contributed by atoms with Gasteiger partial charge >= 0.3 is 11.7 Å². The molecular formula is C23H31ClN4O6. The molecule has 0 saturated carbocycles. The van der Waals surface area contributed by atoms with Crippen molar-refractivity contribution in [1.29, 1.82) is 0 Å². The third-order valence-electron chi connectivity index (χ3n) is 5.08. The number of benzene rings is 1. The summed E-state index contributed by atoms with van der Waals surface area (Å²) in [5.74, 6) is -1.05. The molecule has 1 aromatic heterocycles. The second-order valence-electron chi connectivity index (χ2n) is 7.82. The Morgan fingerprint density at radius 2 is 1.94 bits per heavy atom. The van der Waals surface area contributed by atoms with Crippen molar-refractivity contribution in [3.05, 3.63) is 49.6 Å². The molecule has 3 N–H and O–H groups in total. The molecule has 0 aliphatic rings. The van der Waals surface area contributed by atoms with Crippen LogP contribution in [0.3, 0.4) is 0 Å². The van der Waals surface area contributed by atoms with E-state index in [0.717, 1.165) is 16.9 Å². The van der Waals surface area contributed by atoms with E-state index in [1.165, 1.54) is 11.5 Å². The molecule has 0 saturated heterocycles. The van der Waals surface area contributed by atoms with E-state index < -0.39 is 35.8 Å². The molecule has 0 spiro atoms. The van der Waals surface area contributed by atoms with Crippen LogP contribution in [-0.4, -0.2) is 40.7 Å². The fraction of sp³-hybridized carbons (Fsp3) is 0.478. The molecule has 34 heavy (non-hydrogen) atoms. The molecule has 2 rings (SSSR count). The van der Waals surface area contributed by atoms with E-state index in [1.807, 2.05) is 13.8 Å². The lowest BCUT2D eigenvalue weighted by Gasteiger charge is -2.24. The highest BCUT2D eigenvalue weighted by Crippen LogP contribution is 2.23. The van der Waals surface area contributed by atoms with Crippen LogP contribution in [0.4, 0.5) is 11.5 Å². The van der Waals surface area contributed by atoms with Gasteiger partial charge in [0.1, 0.15) is 11.6 Å². The van der Waals surface area contributed by atoms with E-state index in [9.17, 15) is 19.2 Å². The number of aromatic nitrogens is 2. The number of nitrogens with one attached hydrogen (secondary N) is 1. The zero-order valence-corrected chi connectivity index (χ0v) is 20.6. The monoisotopic (exact) mass is 494 g/mol. The standard InChI is InChI=1S/C23H31ClN4O6/c1-5-7-11-27(19-20(25)28(10-6-2)23(32)26-21(19)30)18(29)13-33-22(31)15(4)34-17-9-8-16(24)12-14(17)3/h8-9,12,15H,5-7,10-11,13,25H2,1-4H3,(H,26,30,32). The number of amides is 1. The van der Waals surface area contributed by atoms with Crippen LogP contribution in [0, 0.1) is 6.92 Å². The van der Waals surface area contributed by atoms with Gasteiger partial charge in [-0.1, -0.05) is 31.9 Å². The largest absolute Gasteiger partial charge is 0.479 e. The average molecular weight is 495 g/mol. The number of H-pyrrole nitrogens is 1.